The predicted octanol–water partition coefficient (Wildman–Crippen LogP) is 3.85. The molecule has 0 saturated heterocycles. The fraction of sp³-hybridized carbons (Fsp3) is 0.0909. The lowest BCUT2D eigenvalue weighted by Gasteiger charge is -2.06. The van der Waals surface area contributed by atoms with Crippen molar-refractivity contribution in [3.63, 3.8) is 0 Å². The number of aryl methyl sites for hydroxylation is 1. The number of amides is 1. The largest absolute Gasteiger partial charge is 0.494 e. The van der Waals surface area contributed by atoms with Gasteiger partial charge >= 0.3 is 0 Å². The number of hydrogen-bond donors (Lipinski definition) is 4. The highest BCUT2D eigenvalue weighted by atomic mass is 16.3. The molecule has 2 aromatic carbocycles. The van der Waals surface area contributed by atoms with Crippen molar-refractivity contribution in [1.29, 1.82) is 0 Å². The quantitative estimate of drug-likeness (QED) is 0.300. The van der Waals surface area contributed by atoms with Crippen LogP contribution < -0.4 is 5.32 Å². The van der Waals surface area contributed by atoms with Crippen molar-refractivity contribution >= 4 is 40.3 Å². The Bertz CT molecular complexity index is 1300. The average molecular weight is 401 g/mol. The van der Waals surface area contributed by atoms with Crippen LogP contribution in [0.4, 0.5) is 11.5 Å². The Kier molecular flexibility index (Phi) is 4.89. The number of aromatic hydroxyl groups is 1. The Morgan fingerprint density at radius 3 is 2.67 bits per heavy atom. The Morgan fingerprint density at radius 2 is 1.93 bits per heavy atom. The number of ketones is 1. The number of rotatable bonds is 5. The lowest BCUT2D eigenvalue weighted by molar-refractivity contribution is -0.114. The van der Waals surface area contributed by atoms with E-state index in [1.54, 1.807) is 48.5 Å². The standard InChI is InChI=1S/C22H19N5O3/c1-12-8-20(27-26-12)23-11-18-17-10-15(6-7-19(17)25-22(18)30)21(29)14-4-3-5-16(9-14)24-13(2)28/h3-11,25,30H,1-2H3,(H,24,28)(H,26,27). The van der Waals surface area contributed by atoms with E-state index in [0.717, 1.165) is 5.69 Å². The fourth-order valence-electron chi connectivity index (χ4n) is 3.18. The average Bonchev–Trinajstić information content (AvgIpc) is 3.27. The van der Waals surface area contributed by atoms with Crippen molar-refractivity contribution in [2.75, 3.05) is 5.32 Å². The van der Waals surface area contributed by atoms with Crippen LogP contribution in [-0.2, 0) is 4.79 Å². The summed E-state index contributed by atoms with van der Waals surface area (Å²) in [4.78, 5) is 31.4. The van der Waals surface area contributed by atoms with E-state index in [-0.39, 0.29) is 17.6 Å². The number of aliphatic imine (C=N–C) groups is 1. The highest BCUT2D eigenvalue weighted by molar-refractivity contribution is 6.13. The van der Waals surface area contributed by atoms with E-state index in [0.29, 0.717) is 39.1 Å². The van der Waals surface area contributed by atoms with Crippen LogP contribution >= 0.6 is 0 Å². The van der Waals surface area contributed by atoms with E-state index in [1.165, 1.54) is 13.1 Å². The number of carbonyl (C=O) groups excluding carboxylic acids is 2. The molecule has 1 amide bonds. The van der Waals surface area contributed by atoms with Gasteiger partial charge in [0, 0.05) is 52.6 Å². The van der Waals surface area contributed by atoms with Crippen LogP contribution in [0.5, 0.6) is 5.88 Å². The highest BCUT2D eigenvalue weighted by Crippen LogP contribution is 2.28. The van der Waals surface area contributed by atoms with Crippen LogP contribution in [0.15, 0.2) is 53.5 Å². The maximum Gasteiger partial charge on any atom is 0.221 e. The summed E-state index contributed by atoms with van der Waals surface area (Å²) < 4.78 is 0. The zero-order chi connectivity index (χ0) is 21.3. The van der Waals surface area contributed by atoms with E-state index in [9.17, 15) is 14.7 Å². The topological polar surface area (TPSA) is 123 Å². The number of benzene rings is 2. The van der Waals surface area contributed by atoms with Gasteiger partial charge in [-0.1, -0.05) is 12.1 Å². The van der Waals surface area contributed by atoms with E-state index in [2.05, 4.69) is 25.5 Å². The second kappa shape index (κ2) is 7.67. The van der Waals surface area contributed by atoms with Gasteiger partial charge in [-0.05, 0) is 37.3 Å². The second-order valence-electron chi connectivity index (χ2n) is 6.91. The smallest absolute Gasteiger partial charge is 0.221 e. The summed E-state index contributed by atoms with van der Waals surface area (Å²) in [5.41, 5.74) is 3.47. The van der Waals surface area contributed by atoms with Crippen LogP contribution in [-0.4, -0.2) is 38.2 Å². The maximum atomic E-state index is 13.0. The van der Waals surface area contributed by atoms with E-state index in [4.69, 9.17) is 0 Å². The molecule has 0 saturated carbocycles. The third-order valence-electron chi connectivity index (χ3n) is 4.54. The fourth-order valence-corrected chi connectivity index (χ4v) is 3.18. The summed E-state index contributed by atoms with van der Waals surface area (Å²) in [6, 6.07) is 13.6. The number of H-pyrrole nitrogens is 2. The first-order valence-corrected chi connectivity index (χ1v) is 9.24. The molecule has 4 N–H and O–H groups in total. The summed E-state index contributed by atoms with van der Waals surface area (Å²) in [7, 11) is 0. The molecular formula is C22H19N5O3. The zero-order valence-corrected chi connectivity index (χ0v) is 16.4. The molecular weight excluding hydrogens is 382 g/mol. The maximum absolute atomic E-state index is 13.0. The molecule has 30 heavy (non-hydrogen) atoms. The highest BCUT2D eigenvalue weighted by Gasteiger charge is 2.15. The van der Waals surface area contributed by atoms with E-state index in [1.807, 2.05) is 6.92 Å². The van der Waals surface area contributed by atoms with Crippen molar-refractivity contribution in [2.24, 2.45) is 4.99 Å². The minimum Gasteiger partial charge on any atom is -0.494 e. The molecule has 150 valence electrons. The Balaban J connectivity index is 1.70. The number of carbonyl (C=O) groups is 2. The molecule has 2 aromatic heterocycles. The van der Waals surface area contributed by atoms with Gasteiger partial charge in [-0.2, -0.15) is 5.10 Å². The summed E-state index contributed by atoms with van der Waals surface area (Å²) >= 11 is 0. The molecule has 0 unspecified atom stereocenters. The third kappa shape index (κ3) is 3.83. The summed E-state index contributed by atoms with van der Waals surface area (Å²) in [6.45, 7) is 3.28. The minimum atomic E-state index is -0.208. The van der Waals surface area contributed by atoms with Crippen LogP contribution in [0.25, 0.3) is 10.9 Å². The first-order valence-electron chi connectivity index (χ1n) is 9.24. The molecule has 8 nitrogen and oxygen atoms in total. The second-order valence-corrected chi connectivity index (χ2v) is 6.91. The minimum absolute atomic E-state index is 0.0433. The van der Waals surface area contributed by atoms with E-state index >= 15 is 0 Å². The number of aromatic nitrogens is 3. The molecule has 0 fully saturated rings. The predicted molar refractivity (Wildman–Crippen MR) is 115 cm³/mol. The number of anilines is 1. The van der Waals surface area contributed by atoms with Crippen LogP contribution in [0, 0.1) is 6.92 Å². The van der Waals surface area contributed by atoms with Crippen LogP contribution in [0.3, 0.4) is 0 Å². The van der Waals surface area contributed by atoms with Crippen molar-refractivity contribution in [2.45, 2.75) is 13.8 Å². The van der Waals surface area contributed by atoms with Crippen molar-refractivity contribution in [3.8, 4) is 5.88 Å². The molecule has 0 aliphatic heterocycles. The van der Waals surface area contributed by atoms with Gasteiger partial charge in [0.15, 0.2) is 17.5 Å². The molecule has 0 aliphatic carbocycles. The molecule has 4 aromatic rings. The SMILES string of the molecule is CC(=O)Nc1cccc(C(=O)c2ccc3[nH]c(O)c(C=Nc4cc(C)[nH]n4)c3c2)c1. The number of nitrogens with zero attached hydrogens (tertiary/aromatic N) is 2. The first-order chi connectivity index (χ1) is 14.4. The van der Waals surface area contributed by atoms with Gasteiger partial charge in [0.2, 0.25) is 5.91 Å². The zero-order valence-electron chi connectivity index (χ0n) is 16.4. The lowest BCUT2D eigenvalue weighted by atomic mass is 10.0. The van der Waals surface area contributed by atoms with Crippen molar-refractivity contribution < 1.29 is 14.7 Å². The van der Waals surface area contributed by atoms with Crippen molar-refractivity contribution in [3.05, 3.63) is 70.9 Å². The number of aromatic amines is 2. The van der Waals surface area contributed by atoms with Crippen molar-refractivity contribution in [1.82, 2.24) is 15.2 Å². The molecule has 0 radical (unpaired) electrons. The third-order valence-corrected chi connectivity index (χ3v) is 4.54. The van der Waals surface area contributed by atoms with Gasteiger partial charge in [-0.25, -0.2) is 4.99 Å². The van der Waals surface area contributed by atoms with Gasteiger partial charge in [0.25, 0.3) is 0 Å². The van der Waals surface area contributed by atoms with E-state index < -0.39 is 0 Å². The van der Waals surface area contributed by atoms with Crippen LogP contribution in [0.1, 0.15) is 34.1 Å². The lowest BCUT2D eigenvalue weighted by Crippen LogP contribution is -2.07. The molecule has 0 atom stereocenters. The van der Waals surface area contributed by atoms with Gasteiger partial charge in [0.05, 0.1) is 5.56 Å². The Labute approximate surface area is 171 Å². The van der Waals surface area contributed by atoms with Gasteiger partial charge in [0.1, 0.15) is 0 Å². The number of hydrogen-bond acceptors (Lipinski definition) is 5. The summed E-state index contributed by atoms with van der Waals surface area (Å²) in [5, 5.41) is 20.5. The monoisotopic (exact) mass is 401 g/mol. The molecule has 0 spiro atoms. The Hall–Kier alpha value is -4.20. The number of nitrogens with one attached hydrogen (secondary N) is 3. The van der Waals surface area contributed by atoms with Gasteiger partial charge in [-0.15, -0.1) is 0 Å². The number of fused-ring (bicyclic) bond motifs is 1. The van der Waals surface area contributed by atoms with Crippen LogP contribution in [0.2, 0.25) is 0 Å². The van der Waals surface area contributed by atoms with Gasteiger partial charge < -0.3 is 15.4 Å². The van der Waals surface area contributed by atoms with Gasteiger partial charge in [-0.3, -0.25) is 14.7 Å². The normalized spacial score (nSPS) is 11.3. The Morgan fingerprint density at radius 1 is 1.13 bits per heavy atom. The molecule has 2 heterocycles. The summed E-state index contributed by atoms with van der Waals surface area (Å²) in [5.74, 6) is 0.0389. The molecule has 8 heteroatoms. The molecule has 0 bridgehead atoms. The molecule has 0 aliphatic rings. The summed E-state index contributed by atoms with van der Waals surface area (Å²) in [6.07, 6.45) is 1.51. The molecule has 4 rings (SSSR count). The first kappa shape index (κ1) is 19.1.